The Morgan fingerprint density at radius 3 is 2.48 bits per heavy atom. The van der Waals surface area contributed by atoms with Gasteiger partial charge >= 0.3 is 0 Å². The standard InChI is InChI=1S/C20H22FN3O2S/c1-26-16-3-2-14(21)7-15(16)17(25)22-19-24-23-18(27-19)20-8-11-4-12(9-20)6-13(5-11)10-20/h2-3,7,11-13H,4-6,8-10H2,1H3,(H,22,24,25). The number of nitrogens with one attached hydrogen (secondary N) is 1. The molecule has 1 heterocycles. The molecule has 2 aromatic rings. The third-order valence-electron chi connectivity index (χ3n) is 6.54. The summed E-state index contributed by atoms with van der Waals surface area (Å²) in [5.74, 6) is 1.91. The lowest BCUT2D eigenvalue weighted by molar-refractivity contribution is -0.00555. The van der Waals surface area contributed by atoms with E-state index in [0.717, 1.165) is 22.8 Å². The summed E-state index contributed by atoms with van der Waals surface area (Å²) in [4.78, 5) is 12.6. The van der Waals surface area contributed by atoms with Crippen LogP contribution in [0.2, 0.25) is 0 Å². The van der Waals surface area contributed by atoms with Crippen LogP contribution in [0.25, 0.3) is 0 Å². The average molecular weight is 387 g/mol. The number of aromatic nitrogens is 2. The number of rotatable bonds is 4. The second-order valence-electron chi connectivity index (χ2n) is 8.41. The molecule has 0 radical (unpaired) electrons. The number of anilines is 1. The van der Waals surface area contributed by atoms with E-state index in [9.17, 15) is 9.18 Å². The fourth-order valence-electron chi connectivity index (χ4n) is 5.88. The summed E-state index contributed by atoms with van der Waals surface area (Å²) < 4.78 is 18.7. The minimum Gasteiger partial charge on any atom is -0.496 e. The summed E-state index contributed by atoms with van der Waals surface area (Å²) in [5, 5.41) is 13.0. The molecule has 0 saturated heterocycles. The Hall–Kier alpha value is -2.02. The first-order chi connectivity index (χ1) is 13.0. The van der Waals surface area contributed by atoms with Crippen molar-refractivity contribution in [3.8, 4) is 5.75 Å². The summed E-state index contributed by atoms with van der Waals surface area (Å²) in [6, 6.07) is 3.89. The molecule has 0 atom stereocenters. The summed E-state index contributed by atoms with van der Waals surface area (Å²) in [7, 11) is 1.46. The third kappa shape index (κ3) is 2.92. The van der Waals surface area contributed by atoms with Gasteiger partial charge in [0.2, 0.25) is 5.13 Å². The summed E-state index contributed by atoms with van der Waals surface area (Å²) in [5.41, 5.74) is 0.315. The molecule has 4 bridgehead atoms. The highest BCUT2D eigenvalue weighted by atomic mass is 32.1. The number of hydrogen-bond acceptors (Lipinski definition) is 5. The smallest absolute Gasteiger partial charge is 0.261 e. The van der Waals surface area contributed by atoms with E-state index in [1.165, 1.54) is 75.2 Å². The number of hydrogen-bond donors (Lipinski definition) is 1. The molecule has 6 rings (SSSR count). The molecule has 1 N–H and O–H groups in total. The first-order valence-electron chi connectivity index (χ1n) is 9.53. The number of halogens is 1. The number of ether oxygens (including phenoxy) is 1. The highest BCUT2D eigenvalue weighted by Gasteiger charge is 2.53. The molecule has 1 amide bonds. The highest BCUT2D eigenvalue weighted by Crippen LogP contribution is 2.61. The number of carbonyl (C=O) groups excluding carboxylic acids is 1. The van der Waals surface area contributed by atoms with Crippen LogP contribution in [0.1, 0.15) is 53.9 Å². The summed E-state index contributed by atoms with van der Waals surface area (Å²) in [6.07, 6.45) is 7.75. The van der Waals surface area contributed by atoms with Gasteiger partial charge in [-0.2, -0.15) is 0 Å². The fraction of sp³-hybridized carbons (Fsp3) is 0.550. The maximum Gasteiger partial charge on any atom is 0.261 e. The van der Waals surface area contributed by atoms with Crippen LogP contribution in [-0.2, 0) is 5.41 Å². The van der Waals surface area contributed by atoms with E-state index >= 15 is 0 Å². The molecule has 4 aliphatic rings. The number of amides is 1. The molecule has 4 saturated carbocycles. The Morgan fingerprint density at radius 1 is 1.19 bits per heavy atom. The predicted octanol–water partition coefficient (Wildman–Crippen LogP) is 4.41. The van der Waals surface area contributed by atoms with Crippen molar-refractivity contribution in [2.75, 3.05) is 12.4 Å². The fourth-order valence-corrected chi connectivity index (χ4v) is 6.84. The largest absolute Gasteiger partial charge is 0.496 e. The molecule has 142 valence electrons. The minimum absolute atomic E-state index is 0.157. The van der Waals surface area contributed by atoms with Crippen LogP contribution in [0.15, 0.2) is 18.2 Å². The molecule has 27 heavy (non-hydrogen) atoms. The second kappa shape index (κ2) is 6.26. The predicted molar refractivity (Wildman–Crippen MR) is 101 cm³/mol. The molecule has 1 aromatic heterocycles. The SMILES string of the molecule is COc1ccc(F)cc1C(=O)Nc1nnc(C23CC4CC(CC(C4)C2)C3)s1. The second-order valence-corrected chi connectivity index (χ2v) is 9.39. The normalized spacial score (nSPS) is 31.1. The molecule has 0 unspecified atom stereocenters. The van der Waals surface area contributed by atoms with E-state index < -0.39 is 11.7 Å². The molecule has 4 aliphatic carbocycles. The van der Waals surface area contributed by atoms with Gasteiger partial charge in [0.25, 0.3) is 5.91 Å². The van der Waals surface area contributed by atoms with E-state index in [0.29, 0.717) is 10.9 Å². The third-order valence-corrected chi connectivity index (χ3v) is 7.63. The van der Waals surface area contributed by atoms with Crippen LogP contribution in [0.5, 0.6) is 5.75 Å². The lowest BCUT2D eigenvalue weighted by atomic mass is 9.50. The molecule has 7 heteroatoms. The zero-order chi connectivity index (χ0) is 18.6. The van der Waals surface area contributed by atoms with Crippen LogP contribution < -0.4 is 10.1 Å². The molecule has 0 aliphatic heterocycles. The molecule has 4 fully saturated rings. The number of carbonyl (C=O) groups is 1. The lowest BCUT2D eigenvalue weighted by Gasteiger charge is -2.55. The summed E-state index contributed by atoms with van der Waals surface area (Å²) in [6.45, 7) is 0. The Labute approximate surface area is 161 Å². The van der Waals surface area contributed by atoms with Gasteiger partial charge in [-0.25, -0.2) is 4.39 Å². The van der Waals surface area contributed by atoms with Crippen LogP contribution >= 0.6 is 11.3 Å². The van der Waals surface area contributed by atoms with Gasteiger partial charge in [-0.15, -0.1) is 10.2 Å². The van der Waals surface area contributed by atoms with E-state index in [1.54, 1.807) is 0 Å². The zero-order valence-corrected chi connectivity index (χ0v) is 16.0. The van der Waals surface area contributed by atoms with Crippen molar-refractivity contribution >= 4 is 22.4 Å². The highest BCUT2D eigenvalue weighted by molar-refractivity contribution is 7.15. The summed E-state index contributed by atoms with van der Waals surface area (Å²) >= 11 is 1.47. The van der Waals surface area contributed by atoms with Gasteiger partial charge in [0, 0.05) is 5.41 Å². The maximum atomic E-state index is 13.5. The maximum absolute atomic E-state index is 13.5. The van der Waals surface area contributed by atoms with Crippen molar-refractivity contribution in [1.82, 2.24) is 10.2 Å². The van der Waals surface area contributed by atoms with Crippen molar-refractivity contribution in [1.29, 1.82) is 0 Å². The molecule has 5 nitrogen and oxygen atoms in total. The van der Waals surface area contributed by atoms with Gasteiger partial charge in [0.15, 0.2) is 0 Å². The number of methoxy groups -OCH3 is 1. The Kier molecular flexibility index (Phi) is 3.96. The van der Waals surface area contributed by atoms with Crippen LogP contribution in [0.3, 0.4) is 0 Å². The van der Waals surface area contributed by atoms with Gasteiger partial charge in [-0.05, 0) is 74.5 Å². The topological polar surface area (TPSA) is 64.1 Å². The van der Waals surface area contributed by atoms with Crippen LogP contribution in [0.4, 0.5) is 9.52 Å². The van der Waals surface area contributed by atoms with Crippen molar-refractivity contribution in [3.05, 3.63) is 34.6 Å². The average Bonchev–Trinajstić information content (AvgIpc) is 3.10. The molecule has 0 spiro atoms. The van der Waals surface area contributed by atoms with Gasteiger partial charge in [-0.1, -0.05) is 11.3 Å². The van der Waals surface area contributed by atoms with E-state index in [-0.39, 0.29) is 11.0 Å². The first kappa shape index (κ1) is 17.1. The quantitative estimate of drug-likeness (QED) is 0.844. The molecule has 1 aromatic carbocycles. The van der Waals surface area contributed by atoms with Gasteiger partial charge in [0.05, 0.1) is 12.7 Å². The lowest BCUT2D eigenvalue weighted by Crippen LogP contribution is -2.48. The Bertz CT molecular complexity index is 862. The minimum atomic E-state index is -0.479. The van der Waals surface area contributed by atoms with Crippen molar-refractivity contribution in [2.24, 2.45) is 17.8 Å². The number of benzene rings is 1. The zero-order valence-electron chi connectivity index (χ0n) is 15.2. The van der Waals surface area contributed by atoms with Crippen LogP contribution in [-0.4, -0.2) is 23.2 Å². The Morgan fingerprint density at radius 2 is 1.85 bits per heavy atom. The van der Waals surface area contributed by atoms with E-state index in [4.69, 9.17) is 4.74 Å². The van der Waals surface area contributed by atoms with Gasteiger partial charge in [0.1, 0.15) is 16.6 Å². The van der Waals surface area contributed by atoms with Crippen molar-refractivity contribution in [2.45, 2.75) is 43.9 Å². The van der Waals surface area contributed by atoms with Crippen molar-refractivity contribution in [3.63, 3.8) is 0 Å². The Balaban J connectivity index is 1.37. The molecular weight excluding hydrogens is 365 g/mol. The molecular formula is C20H22FN3O2S. The van der Waals surface area contributed by atoms with E-state index in [2.05, 4.69) is 15.5 Å². The number of nitrogens with zero attached hydrogens (tertiary/aromatic N) is 2. The first-order valence-corrected chi connectivity index (χ1v) is 10.4. The monoisotopic (exact) mass is 387 g/mol. The van der Waals surface area contributed by atoms with E-state index in [1.807, 2.05) is 0 Å². The van der Waals surface area contributed by atoms with Gasteiger partial charge < -0.3 is 4.74 Å². The van der Waals surface area contributed by atoms with Crippen LogP contribution in [0, 0.1) is 23.6 Å². The van der Waals surface area contributed by atoms with Crippen molar-refractivity contribution < 1.29 is 13.9 Å². The van der Waals surface area contributed by atoms with Gasteiger partial charge in [-0.3, -0.25) is 10.1 Å².